The normalized spacial score (nSPS) is 16.4. The van der Waals surface area contributed by atoms with Gasteiger partial charge in [0, 0.05) is 44.8 Å². The number of hydrogen-bond acceptors (Lipinski definition) is 5. The van der Waals surface area contributed by atoms with Gasteiger partial charge in [-0.05, 0) is 45.2 Å². The van der Waals surface area contributed by atoms with Crippen LogP contribution in [0.15, 0.2) is 18.2 Å². The summed E-state index contributed by atoms with van der Waals surface area (Å²) in [6.45, 7) is 8.95. The second kappa shape index (κ2) is 8.73. The lowest BCUT2D eigenvalue weighted by molar-refractivity contribution is 0.0149. The first-order chi connectivity index (χ1) is 12.2. The fourth-order valence-electron chi connectivity index (χ4n) is 3.26. The van der Waals surface area contributed by atoms with Crippen molar-refractivity contribution in [2.75, 3.05) is 27.2 Å². The Morgan fingerprint density at radius 3 is 2.50 bits per heavy atom. The summed E-state index contributed by atoms with van der Waals surface area (Å²) >= 11 is 0. The summed E-state index contributed by atoms with van der Waals surface area (Å²) in [5.74, 6) is 0.851. The Morgan fingerprint density at radius 2 is 1.96 bits per heavy atom. The Bertz CT molecular complexity index is 605. The molecule has 1 fully saturated rings. The van der Waals surface area contributed by atoms with E-state index in [1.54, 1.807) is 12.0 Å². The number of methoxy groups -OCH3 is 1. The van der Waals surface area contributed by atoms with Gasteiger partial charge in [0.05, 0.1) is 7.11 Å². The highest BCUT2D eigenvalue weighted by molar-refractivity contribution is 5.68. The average molecular weight is 364 g/mol. The molecule has 1 amide bonds. The molecule has 1 heterocycles. The number of amides is 1. The molecule has 0 radical (unpaired) electrons. The van der Waals surface area contributed by atoms with Crippen molar-refractivity contribution in [3.05, 3.63) is 29.3 Å². The molecule has 2 rings (SSSR count). The van der Waals surface area contributed by atoms with E-state index in [2.05, 4.69) is 17.0 Å². The maximum Gasteiger partial charge on any atom is 0.410 e. The van der Waals surface area contributed by atoms with E-state index in [-0.39, 0.29) is 12.1 Å². The van der Waals surface area contributed by atoms with Crippen LogP contribution in [0.5, 0.6) is 5.75 Å². The molecule has 6 nitrogen and oxygen atoms in total. The summed E-state index contributed by atoms with van der Waals surface area (Å²) in [5.41, 5.74) is 7.52. The second-order valence-corrected chi connectivity index (χ2v) is 7.95. The zero-order valence-electron chi connectivity index (χ0n) is 16.7. The van der Waals surface area contributed by atoms with Gasteiger partial charge >= 0.3 is 6.09 Å². The molecule has 0 saturated carbocycles. The third kappa shape index (κ3) is 5.61. The second-order valence-electron chi connectivity index (χ2n) is 7.95. The highest BCUT2D eigenvalue weighted by Crippen LogP contribution is 2.23. The van der Waals surface area contributed by atoms with Crippen LogP contribution in [0.4, 0.5) is 4.79 Å². The van der Waals surface area contributed by atoms with E-state index in [0.29, 0.717) is 6.54 Å². The van der Waals surface area contributed by atoms with Gasteiger partial charge in [-0.1, -0.05) is 12.1 Å². The van der Waals surface area contributed by atoms with E-state index in [4.69, 9.17) is 15.2 Å². The molecule has 6 heteroatoms. The molecule has 146 valence electrons. The maximum absolute atomic E-state index is 12.2. The van der Waals surface area contributed by atoms with Gasteiger partial charge in [0.25, 0.3) is 0 Å². The van der Waals surface area contributed by atoms with Crippen molar-refractivity contribution in [1.29, 1.82) is 0 Å². The summed E-state index contributed by atoms with van der Waals surface area (Å²) in [7, 11) is 3.51. The first-order valence-electron chi connectivity index (χ1n) is 9.27. The first kappa shape index (κ1) is 20.5. The van der Waals surface area contributed by atoms with Gasteiger partial charge in [0.15, 0.2) is 0 Å². The van der Waals surface area contributed by atoms with Gasteiger partial charge in [-0.3, -0.25) is 4.90 Å². The predicted molar refractivity (Wildman–Crippen MR) is 103 cm³/mol. The van der Waals surface area contributed by atoms with E-state index in [9.17, 15) is 4.79 Å². The van der Waals surface area contributed by atoms with Crippen LogP contribution in [0.3, 0.4) is 0 Å². The van der Waals surface area contributed by atoms with Gasteiger partial charge in [-0.25, -0.2) is 4.79 Å². The quantitative estimate of drug-likeness (QED) is 0.871. The number of piperidine rings is 1. The Labute approximate surface area is 157 Å². The van der Waals surface area contributed by atoms with Crippen LogP contribution in [-0.4, -0.2) is 54.8 Å². The molecule has 0 spiro atoms. The minimum atomic E-state index is -0.458. The number of rotatable bonds is 5. The van der Waals surface area contributed by atoms with Gasteiger partial charge < -0.3 is 20.1 Å². The topological polar surface area (TPSA) is 68.0 Å². The molecule has 2 N–H and O–H groups in total. The SMILES string of the molecule is COc1cc(CN2CCC(N(C)C(=O)OC(C)(C)C)CC2)ccc1CN. The molecular weight excluding hydrogens is 330 g/mol. The smallest absolute Gasteiger partial charge is 0.410 e. The van der Waals surface area contributed by atoms with Crippen LogP contribution < -0.4 is 10.5 Å². The van der Waals surface area contributed by atoms with Gasteiger partial charge in [-0.2, -0.15) is 0 Å². The molecule has 0 bridgehead atoms. The summed E-state index contributed by atoms with van der Waals surface area (Å²) in [6, 6.07) is 6.46. The summed E-state index contributed by atoms with van der Waals surface area (Å²) in [4.78, 5) is 16.4. The number of likely N-dealkylation sites (tertiary alicyclic amines) is 1. The Morgan fingerprint density at radius 1 is 1.31 bits per heavy atom. The van der Waals surface area contributed by atoms with Crippen molar-refractivity contribution >= 4 is 6.09 Å². The van der Waals surface area contributed by atoms with Gasteiger partial charge in [-0.15, -0.1) is 0 Å². The van der Waals surface area contributed by atoms with Crippen molar-refractivity contribution < 1.29 is 14.3 Å². The van der Waals surface area contributed by atoms with Crippen LogP contribution in [-0.2, 0) is 17.8 Å². The maximum atomic E-state index is 12.2. The number of benzene rings is 1. The number of nitrogens with zero attached hydrogens (tertiary/aromatic N) is 2. The third-order valence-corrected chi connectivity index (χ3v) is 4.76. The van der Waals surface area contributed by atoms with Crippen molar-refractivity contribution in [1.82, 2.24) is 9.80 Å². The molecule has 0 aromatic heterocycles. The van der Waals surface area contributed by atoms with E-state index in [1.807, 2.05) is 33.9 Å². The number of nitrogens with two attached hydrogens (primary N) is 1. The van der Waals surface area contributed by atoms with E-state index in [1.165, 1.54) is 5.56 Å². The standard InChI is InChI=1S/C20H33N3O3/c1-20(2,3)26-19(24)22(4)17-8-10-23(11-9-17)14-15-6-7-16(13-21)18(12-15)25-5/h6-7,12,17H,8-11,13-14,21H2,1-5H3. The molecule has 0 unspecified atom stereocenters. The number of hydrogen-bond donors (Lipinski definition) is 1. The number of carbonyl (C=O) groups is 1. The minimum absolute atomic E-state index is 0.232. The third-order valence-electron chi connectivity index (χ3n) is 4.76. The van der Waals surface area contributed by atoms with Gasteiger partial charge in [0.1, 0.15) is 11.4 Å². The predicted octanol–water partition coefficient (Wildman–Crippen LogP) is 2.99. The first-order valence-corrected chi connectivity index (χ1v) is 9.27. The van der Waals surface area contributed by atoms with Crippen LogP contribution in [0, 0.1) is 0 Å². The Kier molecular flexibility index (Phi) is 6.89. The molecule has 1 aliphatic rings. The summed E-state index contributed by atoms with van der Waals surface area (Å²) < 4.78 is 10.9. The average Bonchev–Trinajstić information content (AvgIpc) is 2.60. The van der Waals surface area contributed by atoms with Crippen molar-refractivity contribution in [3.63, 3.8) is 0 Å². The molecule has 0 aliphatic carbocycles. The van der Waals surface area contributed by atoms with Crippen molar-refractivity contribution in [3.8, 4) is 5.75 Å². The summed E-state index contributed by atoms with van der Waals surface area (Å²) in [6.07, 6.45) is 1.67. The van der Waals surface area contributed by atoms with Crippen molar-refractivity contribution in [2.45, 2.75) is 58.3 Å². The molecular formula is C20H33N3O3. The van der Waals surface area contributed by atoms with Crippen LogP contribution in [0.2, 0.25) is 0 Å². The highest BCUT2D eigenvalue weighted by atomic mass is 16.6. The van der Waals surface area contributed by atoms with Crippen LogP contribution in [0.25, 0.3) is 0 Å². The molecule has 1 saturated heterocycles. The summed E-state index contributed by atoms with van der Waals surface area (Å²) in [5, 5.41) is 0. The fourth-order valence-corrected chi connectivity index (χ4v) is 3.26. The van der Waals surface area contributed by atoms with Crippen molar-refractivity contribution in [2.24, 2.45) is 5.73 Å². The van der Waals surface area contributed by atoms with Crippen LogP contribution >= 0.6 is 0 Å². The van der Waals surface area contributed by atoms with E-state index in [0.717, 1.165) is 43.8 Å². The Hall–Kier alpha value is -1.79. The lowest BCUT2D eigenvalue weighted by atomic mass is 10.0. The fraction of sp³-hybridized carbons (Fsp3) is 0.650. The molecule has 1 aromatic rings. The molecule has 1 aromatic carbocycles. The largest absolute Gasteiger partial charge is 0.496 e. The monoisotopic (exact) mass is 363 g/mol. The number of ether oxygens (including phenoxy) is 2. The lowest BCUT2D eigenvalue weighted by Gasteiger charge is -2.37. The molecule has 26 heavy (non-hydrogen) atoms. The van der Waals surface area contributed by atoms with Crippen LogP contribution in [0.1, 0.15) is 44.7 Å². The Balaban J connectivity index is 1.87. The van der Waals surface area contributed by atoms with Gasteiger partial charge in [0.2, 0.25) is 0 Å². The minimum Gasteiger partial charge on any atom is -0.496 e. The zero-order valence-corrected chi connectivity index (χ0v) is 16.7. The van der Waals surface area contributed by atoms with E-state index >= 15 is 0 Å². The number of carbonyl (C=O) groups excluding carboxylic acids is 1. The zero-order chi connectivity index (χ0) is 19.3. The highest BCUT2D eigenvalue weighted by Gasteiger charge is 2.28. The molecule has 0 atom stereocenters. The lowest BCUT2D eigenvalue weighted by Crippen LogP contribution is -2.46. The molecule has 1 aliphatic heterocycles. The van der Waals surface area contributed by atoms with E-state index < -0.39 is 5.60 Å².